The third-order valence-corrected chi connectivity index (χ3v) is 4.11. The van der Waals surface area contributed by atoms with E-state index < -0.39 is 4.92 Å². The van der Waals surface area contributed by atoms with E-state index in [1.54, 1.807) is 0 Å². The molecule has 0 amide bonds. The molecule has 2 fully saturated rings. The first-order valence-electron chi connectivity index (χ1n) is 7.48. The van der Waals surface area contributed by atoms with E-state index in [-0.39, 0.29) is 11.5 Å². The Morgan fingerprint density at radius 3 is 2.14 bits per heavy atom. The zero-order chi connectivity index (χ0) is 14.8. The lowest BCUT2D eigenvalue weighted by atomic mass is 10.1. The number of nitro groups is 1. The zero-order valence-electron chi connectivity index (χ0n) is 12.0. The minimum absolute atomic E-state index is 0.0301. The Labute approximate surface area is 123 Å². The van der Waals surface area contributed by atoms with Crippen LogP contribution in [0, 0.1) is 10.1 Å². The van der Waals surface area contributed by atoms with Crippen molar-refractivity contribution in [3.8, 4) is 0 Å². The lowest BCUT2D eigenvalue weighted by Gasteiger charge is -2.27. The summed E-state index contributed by atoms with van der Waals surface area (Å²) in [5, 5.41) is 11.3. The van der Waals surface area contributed by atoms with Gasteiger partial charge in [0.2, 0.25) is 17.6 Å². The monoisotopic (exact) mass is 292 g/mol. The highest BCUT2D eigenvalue weighted by molar-refractivity contribution is 5.71. The smallest absolute Gasteiger partial charge is 0.353 e. The van der Waals surface area contributed by atoms with Gasteiger partial charge in [-0.05, 0) is 32.1 Å². The maximum absolute atomic E-state index is 11.3. The van der Waals surface area contributed by atoms with Gasteiger partial charge in [-0.15, -0.1) is 0 Å². The van der Waals surface area contributed by atoms with Crippen LogP contribution in [0.4, 0.5) is 23.3 Å². The van der Waals surface area contributed by atoms with Crippen molar-refractivity contribution in [2.24, 2.45) is 0 Å². The molecule has 0 spiro atoms. The minimum atomic E-state index is -0.469. The van der Waals surface area contributed by atoms with Gasteiger partial charge >= 0.3 is 5.69 Å². The van der Waals surface area contributed by atoms with Gasteiger partial charge in [0.15, 0.2) is 0 Å². The van der Waals surface area contributed by atoms with Crippen molar-refractivity contribution in [3.05, 3.63) is 10.1 Å². The average Bonchev–Trinajstić information content (AvgIpc) is 3.01. The molecule has 1 aromatic rings. The van der Waals surface area contributed by atoms with Gasteiger partial charge in [0.25, 0.3) is 0 Å². The van der Waals surface area contributed by atoms with E-state index in [1.807, 2.05) is 4.90 Å². The molecule has 21 heavy (non-hydrogen) atoms. The molecule has 2 aliphatic rings. The maximum Gasteiger partial charge on any atom is 0.353 e. The van der Waals surface area contributed by atoms with Crippen molar-refractivity contribution in [1.82, 2.24) is 9.97 Å². The van der Waals surface area contributed by atoms with E-state index in [2.05, 4.69) is 14.9 Å². The van der Waals surface area contributed by atoms with Gasteiger partial charge in [0.1, 0.15) is 0 Å². The fraction of sp³-hybridized carbons (Fsp3) is 0.692. The summed E-state index contributed by atoms with van der Waals surface area (Å²) in [7, 11) is 0. The van der Waals surface area contributed by atoms with Crippen LogP contribution in [0.25, 0.3) is 0 Å². The predicted molar refractivity (Wildman–Crippen MR) is 80.6 cm³/mol. The molecule has 0 unspecified atom stereocenters. The number of rotatable bonds is 3. The summed E-state index contributed by atoms with van der Waals surface area (Å²) < 4.78 is 0. The number of nitrogen functional groups attached to an aromatic ring is 1. The van der Waals surface area contributed by atoms with Crippen LogP contribution in [0.2, 0.25) is 0 Å². The van der Waals surface area contributed by atoms with Crippen LogP contribution in [0.15, 0.2) is 0 Å². The number of hydrogen-bond acceptors (Lipinski definition) is 7. The molecule has 0 radical (unpaired) electrons. The number of nitrogens with two attached hydrogens (primary N) is 1. The Morgan fingerprint density at radius 1 is 0.952 bits per heavy atom. The quantitative estimate of drug-likeness (QED) is 0.666. The molecular formula is C13H20N6O2. The Hall–Kier alpha value is -2.12. The Morgan fingerprint density at radius 2 is 1.52 bits per heavy atom. The Balaban J connectivity index is 2.01. The van der Waals surface area contributed by atoms with E-state index >= 15 is 0 Å². The van der Waals surface area contributed by atoms with Gasteiger partial charge in [0, 0.05) is 26.2 Å². The van der Waals surface area contributed by atoms with Crippen molar-refractivity contribution >= 4 is 23.3 Å². The molecule has 2 aliphatic heterocycles. The first kappa shape index (κ1) is 13.8. The summed E-state index contributed by atoms with van der Waals surface area (Å²) in [6.07, 6.45) is 5.46. The molecule has 0 bridgehead atoms. The fourth-order valence-corrected chi connectivity index (χ4v) is 3.01. The van der Waals surface area contributed by atoms with Crippen molar-refractivity contribution in [1.29, 1.82) is 0 Å². The van der Waals surface area contributed by atoms with Crippen molar-refractivity contribution in [2.45, 2.75) is 32.1 Å². The van der Waals surface area contributed by atoms with E-state index in [1.165, 1.54) is 6.42 Å². The van der Waals surface area contributed by atoms with E-state index in [4.69, 9.17) is 5.73 Å². The molecule has 0 atom stereocenters. The highest BCUT2D eigenvalue weighted by Crippen LogP contribution is 2.34. The molecule has 0 aromatic carbocycles. The molecule has 2 N–H and O–H groups in total. The van der Waals surface area contributed by atoms with Crippen LogP contribution in [-0.4, -0.2) is 41.1 Å². The molecule has 114 valence electrons. The van der Waals surface area contributed by atoms with Gasteiger partial charge in [-0.2, -0.15) is 9.97 Å². The molecule has 1 aromatic heterocycles. The molecule has 8 nitrogen and oxygen atoms in total. The molecule has 0 aliphatic carbocycles. The van der Waals surface area contributed by atoms with Gasteiger partial charge in [-0.25, -0.2) is 0 Å². The van der Waals surface area contributed by atoms with E-state index in [0.29, 0.717) is 11.8 Å². The van der Waals surface area contributed by atoms with Crippen LogP contribution in [-0.2, 0) is 0 Å². The largest absolute Gasteiger partial charge is 0.378 e. The summed E-state index contributed by atoms with van der Waals surface area (Å²) in [6.45, 7) is 3.35. The standard InChI is InChI=1S/C13H20N6O2/c14-11-10(19(20)21)12(17-6-4-5-7-17)16-13(15-11)18-8-2-1-3-9-18/h1-9H2,(H2,14,15,16). The lowest BCUT2D eigenvalue weighted by molar-refractivity contribution is -0.383. The van der Waals surface area contributed by atoms with Crippen LogP contribution >= 0.6 is 0 Å². The zero-order valence-corrected chi connectivity index (χ0v) is 12.0. The maximum atomic E-state index is 11.3. The summed E-state index contributed by atoms with van der Waals surface area (Å²) >= 11 is 0. The molecule has 8 heteroatoms. The summed E-state index contributed by atoms with van der Waals surface area (Å²) in [4.78, 5) is 23.5. The Kier molecular flexibility index (Phi) is 3.76. The number of hydrogen-bond donors (Lipinski definition) is 1. The normalized spacial score (nSPS) is 19.0. The van der Waals surface area contributed by atoms with Gasteiger partial charge in [0.05, 0.1) is 4.92 Å². The van der Waals surface area contributed by atoms with Crippen LogP contribution < -0.4 is 15.5 Å². The second kappa shape index (κ2) is 5.71. The van der Waals surface area contributed by atoms with Crippen molar-refractivity contribution in [3.63, 3.8) is 0 Å². The summed E-state index contributed by atoms with van der Waals surface area (Å²) in [5.74, 6) is 0.878. The highest BCUT2D eigenvalue weighted by Gasteiger charge is 2.30. The second-order valence-corrected chi connectivity index (χ2v) is 5.58. The SMILES string of the molecule is Nc1nc(N2CCCCC2)nc(N2CCCC2)c1[N+](=O)[O-]. The van der Waals surface area contributed by atoms with Gasteiger partial charge < -0.3 is 15.5 Å². The first-order valence-corrected chi connectivity index (χ1v) is 7.48. The first-order chi connectivity index (χ1) is 10.2. The van der Waals surface area contributed by atoms with E-state index in [9.17, 15) is 10.1 Å². The number of piperidine rings is 1. The molecule has 3 rings (SSSR count). The minimum Gasteiger partial charge on any atom is -0.378 e. The van der Waals surface area contributed by atoms with Crippen molar-refractivity contribution < 1.29 is 4.92 Å². The Bertz CT molecular complexity index is 538. The number of nitrogens with zero attached hydrogens (tertiary/aromatic N) is 5. The third-order valence-electron chi connectivity index (χ3n) is 4.11. The fourth-order valence-electron chi connectivity index (χ4n) is 3.01. The topological polar surface area (TPSA) is 101 Å². The number of aromatic nitrogens is 2. The van der Waals surface area contributed by atoms with Crippen molar-refractivity contribution in [2.75, 3.05) is 41.7 Å². The van der Waals surface area contributed by atoms with Crippen LogP contribution in [0.5, 0.6) is 0 Å². The van der Waals surface area contributed by atoms with E-state index in [0.717, 1.165) is 51.9 Å². The summed E-state index contributed by atoms with van der Waals surface area (Å²) in [5.41, 5.74) is 5.70. The third kappa shape index (κ3) is 2.70. The second-order valence-electron chi connectivity index (χ2n) is 5.58. The molecular weight excluding hydrogens is 272 g/mol. The van der Waals surface area contributed by atoms with Gasteiger partial charge in [-0.3, -0.25) is 10.1 Å². The summed E-state index contributed by atoms with van der Waals surface area (Å²) in [6, 6.07) is 0. The molecule has 2 saturated heterocycles. The van der Waals surface area contributed by atoms with Crippen LogP contribution in [0.3, 0.4) is 0 Å². The predicted octanol–water partition coefficient (Wildman–Crippen LogP) is 1.56. The molecule has 3 heterocycles. The average molecular weight is 292 g/mol. The highest BCUT2D eigenvalue weighted by atomic mass is 16.6. The number of anilines is 3. The molecule has 0 saturated carbocycles. The lowest BCUT2D eigenvalue weighted by Crippen LogP contribution is -2.32. The van der Waals surface area contributed by atoms with Gasteiger partial charge in [-0.1, -0.05) is 0 Å². The van der Waals surface area contributed by atoms with Crippen LogP contribution in [0.1, 0.15) is 32.1 Å².